The monoisotopic (exact) mass is 281 g/mol. The number of nitrogens with one attached hydrogen (secondary N) is 1. The molecule has 1 aromatic heterocycles. The lowest BCUT2D eigenvalue weighted by molar-refractivity contribution is 0.355. The number of ether oxygens (including phenoxy) is 2. The van der Waals surface area contributed by atoms with Gasteiger partial charge < -0.3 is 14.8 Å². The molecule has 0 unspecified atom stereocenters. The van der Waals surface area contributed by atoms with Crippen LogP contribution in [0.15, 0.2) is 24.5 Å². The number of benzene rings is 1. The highest BCUT2D eigenvalue weighted by Gasteiger charge is 2.12. The zero-order valence-corrected chi connectivity index (χ0v) is 11.9. The molecule has 0 atom stereocenters. The van der Waals surface area contributed by atoms with Crippen LogP contribution in [0.3, 0.4) is 0 Å². The average Bonchev–Trinajstić information content (AvgIpc) is 2.82. The summed E-state index contributed by atoms with van der Waals surface area (Å²) in [5.41, 5.74) is 1.87. The smallest absolute Gasteiger partial charge is 0.179 e. The summed E-state index contributed by atoms with van der Waals surface area (Å²) in [4.78, 5) is 0. The number of aromatic nitrogens is 2. The quantitative estimate of drug-likeness (QED) is 0.915. The number of methoxy groups -OCH3 is 2. The first-order chi connectivity index (χ1) is 9.15. The van der Waals surface area contributed by atoms with E-state index in [0.717, 1.165) is 11.3 Å². The second-order valence-electron chi connectivity index (χ2n) is 4.03. The van der Waals surface area contributed by atoms with E-state index in [1.807, 2.05) is 25.4 Å². The maximum Gasteiger partial charge on any atom is 0.179 e. The summed E-state index contributed by atoms with van der Waals surface area (Å²) in [5.74, 6) is 1.17. The van der Waals surface area contributed by atoms with Crippen LogP contribution in [0.25, 0.3) is 0 Å². The summed E-state index contributed by atoms with van der Waals surface area (Å²) < 4.78 is 12.2. The highest BCUT2D eigenvalue weighted by molar-refractivity contribution is 6.33. The van der Waals surface area contributed by atoms with Crippen molar-refractivity contribution in [1.82, 2.24) is 9.78 Å². The van der Waals surface area contributed by atoms with Gasteiger partial charge in [0.15, 0.2) is 11.5 Å². The van der Waals surface area contributed by atoms with Crippen molar-refractivity contribution in [3.05, 3.63) is 35.1 Å². The second-order valence-corrected chi connectivity index (χ2v) is 4.41. The minimum Gasteiger partial charge on any atom is -0.493 e. The molecule has 0 radical (unpaired) electrons. The minimum absolute atomic E-state index is 0.551. The molecule has 0 bridgehead atoms. The normalized spacial score (nSPS) is 10.3. The Morgan fingerprint density at radius 3 is 2.68 bits per heavy atom. The Morgan fingerprint density at radius 2 is 2.11 bits per heavy atom. The molecule has 1 aromatic carbocycles. The van der Waals surface area contributed by atoms with Gasteiger partial charge in [-0.15, -0.1) is 0 Å². The first-order valence-electron chi connectivity index (χ1n) is 5.77. The van der Waals surface area contributed by atoms with Crippen LogP contribution >= 0.6 is 11.6 Å². The van der Waals surface area contributed by atoms with Crippen molar-refractivity contribution in [3.8, 4) is 11.5 Å². The molecule has 2 aromatic rings. The largest absolute Gasteiger partial charge is 0.493 e. The van der Waals surface area contributed by atoms with Crippen LogP contribution in [0, 0.1) is 0 Å². The van der Waals surface area contributed by atoms with Crippen molar-refractivity contribution < 1.29 is 9.47 Å². The molecule has 0 aliphatic carbocycles. The topological polar surface area (TPSA) is 48.3 Å². The highest BCUT2D eigenvalue weighted by Crippen LogP contribution is 2.37. The third-order valence-electron chi connectivity index (χ3n) is 2.75. The Hall–Kier alpha value is -1.88. The van der Waals surface area contributed by atoms with Crippen molar-refractivity contribution in [2.24, 2.45) is 7.05 Å². The Balaban J connectivity index is 2.16. The number of anilines is 1. The molecule has 0 spiro atoms. The number of hydrogen-bond acceptors (Lipinski definition) is 4. The number of rotatable bonds is 5. The summed E-state index contributed by atoms with van der Waals surface area (Å²) in [6.07, 6.45) is 3.66. The highest BCUT2D eigenvalue weighted by atomic mass is 35.5. The molecule has 0 fully saturated rings. The van der Waals surface area contributed by atoms with Crippen molar-refractivity contribution in [3.63, 3.8) is 0 Å². The number of nitrogens with zero attached hydrogens (tertiary/aromatic N) is 2. The Kier molecular flexibility index (Phi) is 4.16. The fourth-order valence-electron chi connectivity index (χ4n) is 1.78. The van der Waals surface area contributed by atoms with Gasteiger partial charge in [-0.2, -0.15) is 5.10 Å². The molecule has 1 heterocycles. The van der Waals surface area contributed by atoms with Crippen LogP contribution in [0.5, 0.6) is 11.5 Å². The molecule has 0 aliphatic heterocycles. The zero-order valence-electron chi connectivity index (χ0n) is 11.1. The summed E-state index contributed by atoms with van der Waals surface area (Å²) in [7, 11) is 5.03. The SMILES string of the molecule is COc1ccc(CNc2cnn(C)c2)c(Cl)c1OC. The van der Waals surface area contributed by atoms with Crippen molar-refractivity contribution in [1.29, 1.82) is 0 Å². The number of halogens is 1. The molecule has 2 rings (SSSR count). The van der Waals surface area contributed by atoms with Gasteiger partial charge in [0, 0.05) is 19.8 Å². The van der Waals surface area contributed by atoms with E-state index < -0.39 is 0 Å². The van der Waals surface area contributed by atoms with E-state index in [1.54, 1.807) is 25.1 Å². The molecule has 0 amide bonds. The van der Waals surface area contributed by atoms with E-state index in [-0.39, 0.29) is 0 Å². The summed E-state index contributed by atoms with van der Waals surface area (Å²) in [6, 6.07) is 3.75. The summed E-state index contributed by atoms with van der Waals surface area (Å²) in [6.45, 7) is 0.588. The lowest BCUT2D eigenvalue weighted by Gasteiger charge is -2.13. The van der Waals surface area contributed by atoms with Crippen molar-refractivity contribution in [2.75, 3.05) is 19.5 Å². The number of aryl methyl sites for hydroxylation is 1. The first kappa shape index (κ1) is 13.5. The van der Waals surface area contributed by atoms with Crippen molar-refractivity contribution >= 4 is 17.3 Å². The van der Waals surface area contributed by atoms with Crippen LogP contribution in [-0.4, -0.2) is 24.0 Å². The molecular weight excluding hydrogens is 266 g/mol. The molecule has 1 N–H and O–H groups in total. The van der Waals surface area contributed by atoms with Gasteiger partial charge in [0.1, 0.15) is 0 Å². The van der Waals surface area contributed by atoms with E-state index in [2.05, 4.69) is 10.4 Å². The third-order valence-corrected chi connectivity index (χ3v) is 3.17. The van der Waals surface area contributed by atoms with Crippen LogP contribution in [0.2, 0.25) is 5.02 Å². The molecular formula is C13H16ClN3O2. The molecule has 19 heavy (non-hydrogen) atoms. The first-order valence-corrected chi connectivity index (χ1v) is 6.15. The minimum atomic E-state index is 0.551. The summed E-state index contributed by atoms with van der Waals surface area (Å²) in [5, 5.41) is 7.89. The van der Waals surface area contributed by atoms with Gasteiger partial charge >= 0.3 is 0 Å². The lowest BCUT2D eigenvalue weighted by atomic mass is 10.2. The molecule has 0 aliphatic rings. The number of hydrogen-bond donors (Lipinski definition) is 1. The Labute approximate surface area is 117 Å². The van der Waals surface area contributed by atoms with Gasteiger partial charge in [0.2, 0.25) is 0 Å². The fourth-order valence-corrected chi connectivity index (χ4v) is 2.08. The van der Waals surface area contributed by atoms with Gasteiger partial charge in [-0.3, -0.25) is 4.68 Å². The predicted octanol–water partition coefficient (Wildman–Crippen LogP) is 2.70. The van der Waals surface area contributed by atoms with E-state index in [9.17, 15) is 0 Å². The van der Waals surface area contributed by atoms with Crippen LogP contribution in [-0.2, 0) is 13.6 Å². The predicted molar refractivity (Wildman–Crippen MR) is 75.1 cm³/mol. The summed E-state index contributed by atoms with van der Waals surface area (Å²) >= 11 is 6.30. The van der Waals surface area contributed by atoms with Crippen LogP contribution in [0.4, 0.5) is 5.69 Å². The van der Waals surface area contributed by atoms with Crippen LogP contribution in [0.1, 0.15) is 5.56 Å². The van der Waals surface area contributed by atoms with E-state index in [4.69, 9.17) is 21.1 Å². The standard InChI is InChI=1S/C13H16ClN3O2/c1-17-8-10(7-16-17)15-6-9-4-5-11(18-2)13(19-3)12(9)14/h4-5,7-8,15H,6H2,1-3H3. The third kappa shape index (κ3) is 2.93. The second kappa shape index (κ2) is 5.84. The molecule has 6 heteroatoms. The van der Waals surface area contributed by atoms with Crippen LogP contribution < -0.4 is 14.8 Å². The van der Waals surface area contributed by atoms with E-state index in [1.165, 1.54) is 0 Å². The van der Waals surface area contributed by atoms with Gasteiger partial charge in [-0.05, 0) is 11.6 Å². The van der Waals surface area contributed by atoms with E-state index in [0.29, 0.717) is 23.1 Å². The molecule has 0 saturated heterocycles. The van der Waals surface area contributed by atoms with Gasteiger partial charge in [-0.25, -0.2) is 0 Å². The Bertz CT molecular complexity index is 569. The van der Waals surface area contributed by atoms with Gasteiger partial charge in [0.05, 0.1) is 31.1 Å². The fraction of sp³-hybridized carbons (Fsp3) is 0.308. The van der Waals surface area contributed by atoms with Gasteiger partial charge in [0.25, 0.3) is 0 Å². The maximum atomic E-state index is 6.30. The average molecular weight is 282 g/mol. The molecule has 5 nitrogen and oxygen atoms in total. The zero-order chi connectivity index (χ0) is 13.8. The molecule has 0 saturated carbocycles. The van der Waals surface area contributed by atoms with Gasteiger partial charge in [-0.1, -0.05) is 17.7 Å². The van der Waals surface area contributed by atoms with Crippen molar-refractivity contribution in [2.45, 2.75) is 6.54 Å². The molecule has 102 valence electrons. The lowest BCUT2D eigenvalue weighted by Crippen LogP contribution is -2.01. The maximum absolute atomic E-state index is 6.30. The van der Waals surface area contributed by atoms with E-state index >= 15 is 0 Å². The Morgan fingerprint density at radius 1 is 1.32 bits per heavy atom.